The lowest BCUT2D eigenvalue weighted by molar-refractivity contribution is -0.124. The summed E-state index contributed by atoms with van der Waals surface area (Å²) in [5, 5.41) is 7.66. The van der Waals surface area contributed by atoms with Gasteiger partial charge >= 0.3 is 5.97 Å². The van der Waals surface area contributed by atoms with Crippen LogP contribution < -0.4 is 10.6 Å². The molecule has 0 fully saturated rings. The highest BCUT2D eigenvalue weighted by molar-refractivity contribution is 7.10. The number of hydrogen-bond acceptors (Lipinski definition) is 5. The molecule has 2 aromatic rings. The van der Waals surface area contributed by atoms with E-state index in [4.69, 9.17) is 4.74 Å². The molecule has 0 aliphatic heterocycles. The highest BCUT2D eigenvalue weighted by Gasteiger charge is 2.15. The number of nitrogens with one attached hydrogen (secondary N) is 2. The van der Waals surface area contributed by atoms with Crippen molar-refractivity contribution < 1.29 is 14.3 Å². The van der Waals surface area contributed by atoms with Gasteiger partial charge < -0.3 is 15.4 Å². The predicted octanol–water partition coefficient (Wildman–Crippen LogP) is 2.82. The molecular formula is C16H18N2O3S. The monoisotopic (exact) mass is 318 g/mol. The van der Waals surface area contributed by atoms with Gasteiger partial charge in [-0.05, 0) is 30.5 Å². The molecule has 1 heterocycles. The maximum Gasteiger partial charge on any atom is 0.340 e. The Kier molecular flexibility index (Phi) is 5.55. The number of carbonyl (C=O) groups is 2. The molecule has 2 rings (SSSR count). The first-order valence-electron chi connectivity index (χ1n) is 6.88. The van der Waals surface area contributed by atoms with E-state index in [0.29, 0.717) is 11.3 Å². The van der Waals surface area contributed by atoms with Crippen LogP contribution in [0.3, 0.4) is 0 Å². The molecule has 22 heavy (non-hydrogen) atoms. The summed E-state index contributed by atoms with van der Waals surface area (Å²) in [7, 11) is 1.72. The Hall–Kier alpha value is -2.34. The number of thiophene rings is 1. The number of amides is 1. The summed E-state index contributed by atoms with van der Waals surface area (Å²) in [6, 6.07) is 10.8. The summed E-state index contributed by atoms with van der Waals surface area (Å²) in [4.78, 5) is 24.9. The number of anilines is 1. The zero-order valence-electron chi connectivity index (χ0n) is 12.5. The molecule has 0 saturated heterocycles. The van der Waals surface area contributed by atoms with E-state index >= 15 is 0 Å². The molecule has 0 aliphatic carbocycles. The summed E-state index contributed by atoms with van der Waals surface area (Å²) < 4.78 is 5.06. The Balaban J connectivity index is 1.87. The number of benzene rings is 1. The van der Waals surface area contributed by atoms with Crippen molar-refractivity contribution in [1.29, 1.82) is 0 Å². The van der Waals surface area contributed by atoms with Crippen LogP contribution in [0.15, 0.2) is 41.8 Å². The highest BCUT2D eigenvalue weighted by atomic mass is 32.1. The molecule has 0 unspecified atom stereocenters. The van der Waals surface area contributed by atoms with Crippen LogP contribution in [0.4, 0.5) is 5.69 Å². The minimum atomic E-state index is -0.524. The molecule has 1 aromatic carbocycles. The van der Waals surface area contributed by atoms with E-state index < -0.39 is 5.97 Å². The summed E-state index contributed by atoms with van der Waals surface area (Å²) in [5.41, 5.74) is 1.07. The third-order valence-electron chi connectivity index (χ3n) is 3.10. The fourth-order valence-corrected chi connectivity index (χ4v) is 2.71. The smallest absolute Gasteiger partial charge is 0.340 e. The Bertz CT molecular complexity index is 641. The summed E-state index contributed by atoms with van der Waals surface area (Å²) in [6.45, 7) is 1.59. The van der Waals surface area contributed by atoms with Crippen LogP contribution in [0.5, 0.6) is 0 Å². The molecule has 0 bridgehead atoms. The van der Waals surface area contributed by atoms with Gasteiger partial charge in [0.1, 0.15) is 0 Å². The van der Waals surface area contributed by atoms with Crippen molar-refractivity contribution in [3.63, 3.8) is 0 Å². The van der Waals surface area contributed by atoms with Crippen molar-refractivity contribution in [1.82, 2.24) is 5.32 Å². The Morgan fingerprint density at radius 3 is 2.68 bits per heavy atom. The second kappa shape index (κ2) is 7.61. The van der Waals surface area contributed by atoms with Crippen LogP contribution >= 0.6 is 11.3 Å². The lowest BCUT2D eigenvalue weighted by Gasteiger charge is -2.13. The van der Waals surface area contributed by atoms with E-state index in [9.17, 15) is 9.59 Å². The zero-order chi connectivity index (χ0) is 15.9. The number of ether oxygens (including phenoxy) is 1. The topological polar surface area (TPSA) is 67.4 Å². The average Bonchev–Trinajstić information content (AvgIpc) is 3.07. The molecule has 1 atom stereocenters. The van der Waals surface area contributed by atoms with Crippen molar-refractivity contribution >= 4 is 28.9 Å². The van der Waals surface area contributed by atoms with Crippen molar-refractivity contribution in [2.75, 3.05) is 19.0 Å². The van der Waals surface area contributed by atoms with Gasteiger partial charge in [0, 0.05) is 17.6 Å². The Labute approximate surface area is 133 Å². The first-order chi connectivity index (χ1) is 10.6. The third kappa shape index (κ3) is 4.08. The van der Waals surface area contributed by atoms with Gasteiger partial charge in [-0.15, -0.1) is 11.3 Å². The van der Waals surface area contributed by atoms with Gasteiger partial charge in [0.2, 0.25) is 0 Å². The fourth-order valence-electron chi connectivity index (χ4n) is 1.98. The molecule has 116 valence electrons. The quantitative estimate of drug-likeness (QED) is 0.804. The van der Waals surface area contributed by atoms with E-state index in [1.165, 1.54) is 0 Å². The van der Waals surface area contributed by atoms with Crippen LogP contribution in [0, 0.1) is 0 Å². The molecule has 2 N–H and O–H groups in total. The molecule has 0 spiro atoms. The molecule has 1 amide bonds. The van der Waals surface area contributed by atoms with E-state index in [2.05, 4.69) is 10.6 Å². The number of esters is 1. The second-order valence-corrected chi connectivity index (χ2v) is 5.66. The SMILES string of the molecule is CNc1ccccc1C(=O)OCC(=O)N[C@@H](C)c1cccs1. The minimum Gasteiger partial charge on any atom is -0.452 e. The van der Waals surface area contributed by atoms with E-state index in [1.807, 2.05) is 30.5 Å². The van der Waals surface area contributed by atoms with Crippen molar-refractivity contribution in [2.24, 2.45) is 0 Å². The van der Waals surface area contributed by atoms with Gasteiger partial charge in [0.25, 0.3) is 5.91 Å². The molecule has 1 aromatic heterocycles. The molecule has 0 saturated carbocycles. The lowest BCUT2D eigenvalue weighted by Crippen LogP contribution is -2.30. The third-order valence-corrected chi connectivity index (χ3v) is 4.15. The summed E-state index contributed by atoms with van der Waals surface area (Å²) >= 11 is 1.57. The van der Waals surface area contributed by atoms with Crippen molar-refractivity contribution in [3.8, 4) is 0 Å². The first kappa shape index (κ1) is 16.0. The van der Waals surface area contributed by atoms with Crippen LogP contribution in [-0.2, 0) is 9.53 Å². The lowest BCUT2D eigenvalue weighted by atomic mass is 10.2. The summed E-state index contributed by atoms with van der Waals surface area (Å²) in [5.74, 6) is -0.847. The normalized spacial score (nSPS) is 11.5. The Morgan fingerprint density at radius 2 is 2.00 bits per heavy atom. The number of para-hydroxylation sites is 1. The second-order valence-electron chi connectivity index (χ2n) is 4.68. The van der Waals surface area contributed by atoms with Crippen molar-refractivity contribution in [2.45, 2.75) is 13.0 Å². The van der Waals surface area contributed by atoms with Gasteiger partial charge in [-0.2, -0.15) is 0 Å². The van der Waals surface area contributed by atoms with Crippen LogP contribution in [-0.4, -0.2) is 25.5 Å². The fraction of sp³-hybridized carbons (Fsp3) is 0.250. The molecule has 6 heteroatoms. The predicted molar refractivity (Wildman–Crippen MR) is 87.1 cm³/mol. The maximum atomic E-state index is 12.0. The van der Waals surface area contributed by atoms with Gasteiger partial charge in [-0.3, -0.25) is 4.79 Å². The van der Waals surface area contributed by atoms with Gasteiger partial charge in [0.05, 0.1) is 11.6 Å². The van der Waals surface area contributed by atoms with Crippen molar-refractivity contribution in [3.05, 3.63) is 52.2 Å². The molecule has 0 radical (unpaired) electrons. The Morgan fingerprint density at radius 1 is 1.23 bits per heavy atom. The van der Waals surface area contributed by atoms with Gasteiger partial charge in [-0.1, -0.05) is 18.2 Å². The molecule has 5 nitrogen and oxygen atoms in total. The van der Waals surface area contributed by atoms with E-state index in [-0.39, 0.29) is 18.6 Å². The van der Waals surface area contributed by atoms with Crippen LogP contribution in [0.1, 0.15) is 28.2 Å². The number of hydrogen-bond donors (Lipinski definition) is 2. The van der Waals surface area contributed by atoms with Crippen LogP contribution in [0.25, 0.3) is 0 Å². The number of carbonyl (C=O) groups excluding carboxylic acids is 2. The van der Waals surface area contributed by atoms with Gasteiger partial charge in [0.15, 0.2) is 6.61 Å². The first-order valence-corrected chi connectivity index (χ1v) is 7.76. The molecule has 0 aliphatic rings. The zero-order valence-corrected chi connectivity index (χ0v) is 13.3. The highest BCUT2D eigenvalue weighted by Crippen LogP contribution is 2.18. The average molecular weight is 318 g/mol. The minimum absolute atomic E-state index is 0.101. The molecular weight excluding hydrogens is 300 g/mol. The number of rotatable bonds is 6. The van der Waals surface area contributed by atoms with E-state index in [0.717, 1.165) is 4.88 Å². The largest absolute Gasteiger partial charge is 0.452 e. The standard InChI is InChI=1S/C16H18N2O3S/c1-11(14-8-5-9-22-14)18-15(19)10-21-16(20)12-6-3-4-7-13(12)17-2/h3-9,11,17H,10H2,1-2H3,(H,18,19)/t11-/m0/s1. The van der Waals surface area contributed by atoms with E-state index in [1.54, 1.807) is 36.6 Å². The van der Waals surface area contributed by atoms with Crippen LogP contribution in [0.2, 0.25) is 0 Å². The summed E-state index contributed by atoms with van der Waals surface area (Å²) in [6.07, 6.45) is 0. The maximum absolute atomic E-state index is 12.0. The van der Waals surface area contributed by atoms with Gasteiger partial charge in [-0.25, -0.2) is 4.79 Å².